The van der Waals surface area contributed by atoms with E-state index in [1.807, 2.05) is 0 Å². The Morgan fingerprint density at radius 1 is 0.875 bits per heavy atom. The Kier molecular flexibility index (Phi) is 6.08. The SMILES string of the molecule is COc1ccc(-c2cc3ccc(OC(=O)c4ccc(Cl)cc4Cl)cc3oc2=O)cc1OC. The Morgan fingerprint density at radius 3 is 2.38 bits per heavy atom. The monoisotopic (exact) mass is 470 g/mol. The number of hydrogen-bond acceptors (Lipinski definition) is 6. The van der Waals surface area contributed by atoms with Crippen LogP contribution in [-0.2, 0) is 0 Å². The highest BCUT2D eigenvalue weighted by atomic mass is 35.5. The minimum absolute atomic E-state index is 0.168. The molecule has 3 aromatic carbocycles. The second kappa shape index (κ2) is 8.94. The van der Waals surface area contributed by atoms with Crippen LogP contribution in [0.15, 0.2) is 69.9 Å². The molecule has 1 aromatic heterocycles. The molecule has 0 spiro atoms. The zero-order valence-corrected chi connectivity index (χ0v) is 18.5. The molecule has 0 saturated heterocycles. The van der Waals surface area contributed by atoms with Crippen molar-refractivity contribution in [2.24, 2.45) is 0 Å². The Morgan fingerprint density at radius 2 is 1.66 bits per heavy atom. The van der Waals surface area contributed by atoms with Crippen LogP contribution >= 0.6 is 23.2 Å². The van der Waals surface area contributed by atoms with E-state index in [-0.39, 0.29) is 21.9 Å². The zero-order chi connectivity index (χ0) is 22.8. The highest BCUT2D eigenvalue weighted by molar-refractivity contribution is 6.36. The van der Waals surface area contributed by atoms with Crippen molar-refractivity contribution in [3.8, 4) is 28.4 Å². The Hall–Kier alpha value is -3.48. The van der Waals surface area contributed by atoms with Crippen molar-refractivity contribution >= 4 is 40.1 Å². The summed E-state index contributed by atoms with van der Waals surface area (Å²) < 4.78 is 21.4. The number of esters is 1. The van der Waals surface area contributed by atoms with Crippen LogP contribution in [-0.4, -0.2) is 20.2 Å². The number of halogens is 2. The first-order valence-corrected chi connectivity index (χ1v) is 10.1. The van der Waals surface area contributed by atoms with Crippen LogP contribution in [0.2, 0.25) is 10.0 Å². The van der Waals surface area contributed by atoms with Gasteiger partial charge in [0.05, 0.1) is 30.4 Å². The van der Waals surface area contributed by atoms with E-state index in [0.29, 0.717) is 33.0 Å². The maximum Gasteiger partial charge on any atom is 0.345 e. The quantitative estimate of drug-likeness (QED) is 0.202. The first kappa shape index (κ1) is 21.7. The highest BCUT2D eigenvalue weighted by Crippen LogP contribution is 2.32. The number of ether oxygens (including phenoxy) is 3. The van der Waals surface area contributed by atoms with Crippen LogP contribution in [0.3, 0.4) is 0 Å². The van der Waals surface area contributed by atoms with E-state index in [0.717, 1.165) is 0 Å². The van der Waals surface area contributed by atoms with Crippen LogP contribution in [0, 0.1) is 0 Å². The van der Waals surface area contributed by atoms with Crippen molar-refractivity contribution in [1.29, 1.82) is 0 Å². The summed E-state index contributed by atoms with van der Waals surface area (Å²) in [7, 11) is 3.05. The van der Waals surface area contributed by atoms with Gasteiger partial charge in [0, 0.05) is 16.5 Å². The van der Waals surface area contributed by atoms with Crippen molar-refractivity contribution < 1.29 is 23.4 Å². The van der Waals surface area contributed by atoms with Crippen LogP contribution < -0.4 is 19.8 Å². The first-order valence-electron chi connectivity index (χ1n) is 9.37. The van der Waals surface area contributed by atoms with Gasteiger partial charge < -0.3 is 18.6 Å². The van der Waals surface area contributed by atoms with Gasteiger partial charge in [0.2, 0.25) is 0 Å². The average Bonchev–Trinajstić information content (AvgIpc) is 2.78. The predicted octanol–water partition coefficient (Wildman–Crippen LogP) is 6.00. The molecule has 0 radical (unpaired) electrons. The second-order valence-corrected chi connectivity index (χ2v) is 7.57. The Bertz CT molecular complexity index is 1390. The molecule has 0 aliphatic rings. The number of carbonyl (C=O) groups excluding carboxylic acids is 1. The third-order valence-corrected chi connectivity index (χ3v) is 5.31. The Labute approximate surface area is 192 Å². The highest BCUT2D eigenvalue weighted by Gasteiger charge is 2.15. The molecule has 0 N–H and O–H groups in total. The van der Waals surface area contributed by atoms with Gasteiger partial charge in [-0.3, -0.25) is 0 Å². The van der Waals surface area contributed by atoms with E-state index in [9.17, 15) is 9.59 Å². The molecule has 6 nitrogen and oxygen atoms in total. The number of carbonyl (C=O) groups is 1. The van der Waals surface area contributed by atoms with Gasteiger partial charge in [0.25, 0.3) is 0 Å². The molecular weight excluding hydrogens is 455 g/mol. The summed E-state index contributed by atoms with van der Waals surface area (Å²) in [5.74, 6) is 0.590. The Balaban J connectivity index is 1.66. The normalized spacial score (nSPS) is 10.8. The molecule has 8 heteroatoms. The van der Waals surface area contributed by atoms with E-state index in [1.165, 1.54) is 32.4 Å². The van der Waals surface area contributed by atoms with Crippen LogP contribution in [0.5, 0.6) is 17.2 Å². The molecule has 0 aliphatic heterocycles. The average molecular weight is 471 g/mol. The number of hydrogen-bond donors (Lipinski definition) is 0. The fraction of sp³-hybridized carbons (Fsp3) is 0.0833. The lowest BCUT2D eigenvalue weighted by Crippen LogP contribution is -2.09. The van der Waals surface area contributed by atoms with E-state index in [2.05, 4.69) is 0 Å². The van der Waals surface area contributed by atoms with Gasteiger partial charge in [0.1, 0.15) is 11.3 Å². The number of methoxy groups -OCH3 is 2. The summed E-state index contributed by atoms with van der Waals surface area (Å²) in [5.41, 5.74) is 0.865. The smallest absolute Gasteiger partial charge is 0.345 e. The van der Waals surface area contributed by atoms with Gasteiger partial charge in [-0.2, -0.15) is 0 Å². The lowest BCUT2D eigenvalue weighted by Gasteiger charge is -2.10. The number of fused-ring (bicyclic) bond motifs is 1. The lowest BCUT2D eigenvalue weighted by molar-refractivity contribution is 0.0735. The van der Waals surface area contributed by atoms with Crippen LogP contribution in [0.1, 0.15) is 10.4 Å². The van der Waals surface area contributed by atoms with Crippen molar-refractivity contribution in [2.75, 3.05) is 14.2 Å². The number of benzene rings is 3. The van der Waals surface area contributed by atoms with Crippen LogP contribution in [0.4, 0.5) is 0 Å². The molecule has 1 heterocycles. The molecule has 0 unspecified atom stereocenters. The van der Waals surface area contributed by atoms with Crippen LogP contribution in [0.25, 0.3) is 22.1 Å². The van der Waals surface area contributed by atoms with Crippen molar-refractivity contribution in [2.45, 2.75) is 0 Å². The maximum absolute atomic E-state index is 12.6. The molecule has 162 valence electrons. The third-order valence-electron chi connectivity index (χ3n) is 4.76. The molecule has 0 bridgehead atoms. The van der Waals surface area contributed by atoms with E-state index >= 15 is 0 Å². The zero-order valence-electron chi connectivity index (χ0n) is 17.0. The van der Waals surface area contributed by atoms with Gasteiger partial charge >= 0.3 is 11.6 Å². The van der Waals surface area contributed by atoms with Crippen molar-refractivity contribution in [3.05, 3.63) is 86.7 Å². The third kappa shape index (κ3) is 4.28. The summed E-state index contributed by atoms with van der Waals surface area (Å²) in [5, 5.41) is 1.23. The number of rotatable bonds is 5. The molecule has 4 rings (SSSR count). The largest absolute Gasteiger partial charge is 0.493 e. The molecule has 0 atom stereocenters. The molecule has 0 fully saturated rings. The standard InChI is InChI=1S/C24H16Cl2O6/c1-29-20-8-4-13(10-22(20)30-2)18-9-14-3-6-16(12-21(14)32-24(18)28)31-23(27)17-7-5-15(25)11-19(17)26/h3-12H,1-2H3. The first-order chi connectivity index (χ1) is 15.4. The van der Waals surface area contributed by atoms with Gasteiger partial charge in [-0.15, -0.1) is 0 Å². The van der Waals surface area contributed by atoms with Gasteiger partial charge in [-0.1, -0.05) is 29.3 Å². The fourth-order valence-electron chi connectivity index (χ4n) is 3.18. The van der Waals surface area contributed by atoms with E-state index < -0.39 is 11.6 Å². The summed E-state index contributed by atoms with van der Waals surface area (Å²) in [6.07, 6.45) is 0. The summed E-state index contributed by atoms with van der Waals surface area (Å²) in [6, 6.07) is 16.1. The molecule has 0 saturated carbocycles. The maximum atomic E-state index is 12.6. The second-order valence-electron chi connectivity index (χ2n) is 6.73. The predicted molar refractivity (Wildman–Crippen MR) is 122 cm³/mol. The minimum atomic E-state index is -0.657. The van der Waals surface area contributed by atoms with Gasteiger partial charge in [0.15, 0.2) is 11.5 Å². The molecular formula is C24H16Cl2O6. The summed E-state index contributed by atoms with van der Waals surface area (Å²) in [4.78, 5) is 25.1. The molecule has 32 heavy (non-hydrogen) atoms. The van der Waals surface area contributed by atoms with Crippen molar-refractivity contribution in [1.82, 2.24) is 0 Å². The van der Waals surface area contributed by atoms with E-state index in [1.54, 1.807) is 42.5 Å². The lowest BCUT2D eigenvalue weighted by atomic mass is 10.1. The van der Waals surface area contributed by atoms with E-state index in [4.69, 9.17) is 41.8 Å². The molecule has 0 amide bonds. The summed E-state index contributed by atoms with van der Waals surface area (Å²) >= 11 is 11.9. The van der Waals surface area contributed by atoms with Gasteiger partial charge in [-0.25, -0.2) is 9.59 Å². The minimum Gasteiger partial charge on any atom is -0.493 e. The summed E-state index contributed by atoms with van der Waals surface area (Å²) in [6.45, 7) is 0. The van der Waals surface area contributed by atoms with Gasteiger partial charge in [-0.05, 0) is 54.1 Å². The molecule has 0 aliphatic carbocycles. The topological polar surface area (TPSA) is 75.0 Å². The molecule has 4 aromatic rings. The fourth-order valence-corrected chi connectivity index (χ4v) is 3.66. The van der Waals surface area contributed by atoms with Crippen molar-refractivity contribution in [3.63, 3.8) is 0 Å².